The molecule has 0 saturated heterocycles. The lowest BCUT2D eigenvalue weighted by Gasteiger charge is -2.24. The van der Waals surface area contributed by atoms with E-state index in [9.17, 15) is 28.8 Å². The molecule has 0 bridgehead atoms. The predicted molar refractivity (Wildman–Crippen MR) is 119 cm³/mol. The lowest BCUT2D eigenvalue weighted by atomic mass is 10.1. The summed E-state index contributed by atoms with van der Waals surface area (Å²) in [7, 11) is 0. The van der Waals surface area contributed by atoms with Crippen molar-refractivity contribution < 1.29 is 39.0 Å². The van der Waals surface area contributed by atoms with Gasteiger partial charge in [0.2, 0.25) is 23.6 Å². The van der Waals surface area contributed by atoms with Crippen LogP contribution in [0.1, 0.15) is 38.5 Å². The van der Waals surface area contributed by atoms with E-state index in [-0.39, 0.29) is 25.0 Å². The number of nitrogens with one attached hydrogen (secondary N) is 3. The molecule has 0 fully saturated rings. The van der Waals surface area contributed by atoms with E-state index in [2.05, 4.69) is 23.3 Å². The molecule has 0 spiro atoms. The van der Waals surface area contributed by atoms with Crippen LogP contribution >= 0.6 is 12.6 Å². The molecule has 0 saturated carbocycles. The molecule has 188 valence electrons. The largest absolute Gasteiger partial charge is 0.481 e. The molecule has 0 aromatic carbocycles. The molecule has 4 unspecified atom stereocenters. The van der Waals surface area contributed by atoms with Gasteiger partial charge in [-0.05, 0) is 32.2 Å². The molecule has 33 heavy (non-hydrogen) atoms. The zero-order valence-electron chi connectivity index (χ0n) is 18.0. The third-order valence-corrected chi connectivity index (χ3v) is 4.81. The SMILES string of the molecule is NCCCCC(NC(=O)C(N)CS)C(=O)NC(CCC(N)=O)C(=O)NC(CC(=O)O)C(=O)O. The highest BCUT2D eigenvalue weighted by Crippen LogP contribution is 2.06. The normalized spacial score (nSPS) is 14.3. The van der Waals surface area contributed by atoms with Gasteiger partial charge in [-0.3, -0.25) is 24.0 Å². The van der Waals surface area contributed by atoms with Crippen molar-refractivity contribution in [2.75, 3.05) is 12.3 Å². The fourth-order valence-corrected chi connectivity index (χ4v) is 2.76. The second-order valence-corrected chi connectivity index (χ2v) is 7.56. The van der Waals surface area contributed by atoms with E-state index in [1.165, 1.54) is 0 Å². The number of carbonyl (C=O) groups is 6. The minimum atomic E-state index is -1.77. The summed E-state index contributed by atoms with van der Waals surface area (Å²) in [6.45, 7) is 0.349. The van der Waals surface area contributed by atoms with Crippen molar-refractivity contribution >= 4 is 48.2 Å². The predicted octanol–water partition coefficient (Wildman–Crippen LogP) is -3.35. The lowest BCUT2D eigenvalue weighted by molar-refractivity contribution is -0.147. The number of hydrogen-bond donors (Lipinski definition) is 9. The number of carboxylic acid groups (broad SMARTS) is 2. The fraction of sp³-hybridized carbons (Fsp3) is 0.667. The Morgan fingerprint density at radius 2 is 1.33 bits per heavy atom. The second-order valence-electron chi connectivity index (χ2n) is 7.20. The zero-order chi connectivity index (χ0) is 25.6. The van der Waals surface area contributed by atoms with E-state index in [1.807, 2.05) is 5.32 Å². The standard InChI is InChI=1S/C18H32N6O8S/c19-6-2-1-3-10(22-15(28)9(20)8-33)16(29)23-11(4-5-13(21)25)17(30)24-12(18(31)32)7-14(26)27/h9-12,33H,1-8,19-20H2,(H2,21,25)(H,22,28)(H,23,29)(H,24,30)(H,26,27)(H,31,32). The molecule has 0 heterocycles. The lowest BCUT2D eigenvalue weighted by Crippen LogP contribution is -2.57. The number of carbonyl (C=O) groups excluding carboxylic acids is 4. The van der Waals surface area contributed by atoms with Gasteiger partial charge in [0, 0.05) is 12.2 Å². The monoisotopic (exact) mass is 492 g/mol. The van der Waals surface area contributed by atoms with Crippen LogP contribution in [-0.2, 0) is 28.8 Å². The molecule has 11 N–H and O–H groups in total. The first-order chi connectivity index (χ1) is 15.4. The fourth-order valence-electron chi connectivity index (χ4n) is 2.60. The van der Waals surface area contributed by atoms with Gasteiger partial charge in [0.15, 0.2) is 0 Å². The third-order valence-electron chi connectivity index (χ3n) is 4.42. The van der Waals surface area contributed by atoms with E-state index in [4.69, 9.17) is 27.4 Å². The van der Waals surface area contributed by atoms with Gasteiger partial charge < -0.3 is 43.4 Å². The van der Waals surface area contributed by atoms with Gasteiger partial charge in [0.1, 0.15) is 18.1 Å². The van der Waals surface area contributed by atoms with Crippen LogP contribution in [0.5, 0.6) is 0 Å². The average Bonchev–Trinajstić information content (AvgIpc) is 2.73. The molecule has 15 heteroatoms. The van der Waals surface area contributed by atoms with Gasteiger partial charge in [-0.15, -0.1) is 0 Å². The Morgan fingerprint density at radius 3 is 1.79 bits per heavy atom. The number of aliphatic carboxylic acids is 2. The molecule has 0 aliphatic heterocycles. The molecular formula is C18H32N6O8S. The number of rotatable bonds is 17. The van der Waals surface area contributed by atoms with Crippen molar-refractivity contribution in [3.63, 3.8) is 0 Å². The Labute approximate surface area is 195 Å². The van der Waals surface area contributed by atoms with Crippen LogP contribution < -0.4 is 33.2 Å². The molecule has 0 aliphatic carbocycles. The Morgan fingerprint density at radius 1 is 0.818 bits per heavy atom. The first kappa shape index (κ1) is 30.1. The van der Waals surface area contributed by atoms with E-state index >= 15 is 0 Å². The highest BCUT2D eigenvalue weighted by Gasteiger charge is 2.31. The summed E-state index contributed by atoms with van der Waals surface area (Å²) in [6, 6.07) is -5.28. The maximum Gasteiger partial charge on any atom is 0.326 e. The summed E-state index contributed by atoms with van der Waals surface area (Å²) in [5, 5.41) is 24.8. The number of unbranched alkanes of at least 4 members (excludes halogenated alkanes) is 1. The van der Waals surface area contributed by atoms with Crippen LogP contribution in [0.3, 0.4) is 0 Å². The van der Waals surface area contributed by atoms with Crippen molar-refractivity contribution in [2.45, 2.75) is 62.7 Å². The summed E-state index contributed by atoms with van der Waals surface area (Å²) in [5.74, 6) is -6.30. The van der Waals surface area contributed by atoms with Crippen LogP contribution in [-0.4, -0.2) is 82.2 Å². The van der Waals surface area contributed by atoms with Crippen LogP contribution in [0.4, 0.5) is 0 Å². The number of primary amides is 1. The smallest absolute Gasteiger partial charge is 0.326 e. The minimum Gasteiger partial charge on any atom is -0.481 e. The van der Waals surface area contributed by atoms with Crippen LogP contribution in [0, 0.1) is 0 Å². The first-order valence-electron chi connectivity index (χ1n) is 10.1. The maximum absolute atomic E-state index is 12.8. The molecule has 4 atom stereocenters. The van der Waals surface area contributed by atoms with Gasteiger partial charge in [0.25, 0.3) is 0 Å². The van der Waals surface area contributed by atoms with E-state index < -0.39 is 66.2 Å². The minimum absolute atomic E-state index is 0.0206. The molecular weight excluding hydrogens is 460 g/mol. The third kappa shape index (κ3) is 12.6. The topological polar surface area (TPSA) is 257 Å². The summed E-state index contributed by atoms with van der Waals surface area (Å²) in [5.41, 5.74) is 16.2. The Balaban J connectivity index is 5.54. The average molecular weight is 493 g/mol. The Kier molecular flexibility index (Phi) is 14.4. The van der Waals surface area contributed by atoms with Crippen molar-refractivity contribution in [1.82, 2.24) is 16.0 Å². The van der Waals surface area contributed by atoms with E-state index in [1.54, 1.807) is 0 Å². The van der Waals surface area contributed by atoms with Crippen LogP contribution in [0.15, 0.2) is 0 Å². The van der Waals surface area contributed by atoms with Gasteiger partial charge in [-0.1, -0.05) is 0 Å². The highest BCUT2D eigenvalue weighted by molar-refractivity contribution is 7.80. The Hall–Kier alpha value is -2.91. The van der Waals surface area contributed by atoms with Gasteiger partial charge >= 0.3 is 11.9 Å². The van der Waals surface area contributed by atoms with E-state index in [0.717, 1.165) is 0 Å². The molecule has 0 aromatic heterocycles. The highest BCUT2D eigenvalue weighted by atomic mass is 32.1. The van der Waals surface area contributed by atoms with Gasteiger partial charge in [-0.2, -0.15) is 12.6 Å². The number of amides is 4. The summed E-state index contributed by atoms with van der Waals surface area (Å²) in [6.07, 6.45) is -0.343. The van der Waals surface area contributed by atoms with E-state index in [0.29, 0.717) is 19.4 Å². The number of carboxylic acids is 2. The zero-order valence-corrected chi connectivity index (χ0v) is 18.9. The maximum atomic E-state index is 12.8. The molecule has 14 nitrogen and oxygen atoms in total. The van der Waals surface area contributed by atoms with Crippen LogP contribution in [0.25, 0.3) is 0 Å². The quantitative estimate of drug-likeness (QED) is 0.0719. The molecule has 0 aromatic rings. The number of thiol groups is 1. The van der Waals surface area contributed by atoms with Crippen molar-refractivity contribution in [3.05, 3.63) is 0 Å². The summed E-state index contributed by atoms with van der Waals surface area (Å²) in [4.78, 5) is 70.8. The second kappa shape index (κ2) is 15.8. The van der Waals surface area contributed by atoms with Gasteiger partial charge in [-0.25, -0.2) is 4.79 Å². The molecule has 0 radical (unpaired) electrons. The van der Waals surface area contributed by atoms with Crippen LogP contribution in [0.2, 0.25) is 0 Å². The molecule has 0 rings (SSSR count). The molecule has 4 amide bonds. The number of hydrogen-bond acceptors (Lipinski definition) is 9. The van der Waals surface area contributed by atoms with Crippen molar-refractivity contribution in [1.29, 1.82) is 0 Å². The van der Waals surface area contributed by atoms with Gasteiger partial charge in [0.05, 0.1) is 12.5 Å². The summed E-state index contributed by atoms with van der Waals surface area (Å²) >= 11 is 3.93. The van der Waals surface area contributed by atoms with Crippen molar-refractivity contribution in [2.24, 2.45) is 17.2 Å². The summed E-state index contributed by atoms with van der Waals surface area (Å²) < 4.78 is 0. The van der Waals surface area contributed by atoms with Crippen molar-refractivity contribution in [3.8, 4) is 0 Å². The molecule has 0 aliphatic rings. The number of nitrogens with two attached hydrogens (primary N) is 3. The first-order valence-corrected chi connectivity index (χ1v) is 10.8. The Bertz CT molecular complexity index is 722.